The third kappa shape index (κ3) is 1.93. The standard InChI is InChI=1S/C10H10N2O/c13-10-7-11-9(12-10)6-8-4-2-1-3-5-8/h1-5H,6-7H2,(H,11,12,13). The molecule has 0 bridgehead atoms. The van der Waals surface area contributed by atoms with Gasteiger partial charge in [0, 0.05) is 6.42 Å². The third-order valence-electron chi connectivity index (χ3n) is 1.91. The minimum absolute atomic E-state index is 0.00840. The fourth-order valence-electron chi connectivity index (χ4n) is 1.30. The number of hydrogen-bond donors (Lipinski definition) is 1. The first-order valence-corrected chi connectivity index (χ1v) is 4.22. The number of nitrogens with one attached hydrogen (secondary N) is 1. The minimum atomic E-state index is -0.00840. The highest BCUT2D eigenvalue weighted by Gasteiger charge is 2.12. The van der Waals surface area contributed by atoms with Crippen molar-refractivity contribution in [3.8, 4) is 0 Å². The van der Waals surface area contributed by atoms with Gasteiger partial charge in [-0.25, -0.2) is 0 Å². The molecule has 0 spiro atoms. The fraction of sp³-hybridized carbons (Fsp3) is 0.200. The van der Waals surface area contributed by atoms with E-state index in [9.17, 15) is 4.79 Å². The Kier molecular flexibility index (Phi) is 2.08. The molecule has 0 aliphatic carbocycles. The van der Waals surface area contributed by atoms with Crippen LogP contribution in [0.25, 0.3) is 0 Å². The topological polar surface area (TPSA) is 41.5 Å². The molecule has 3 heteroatoms. The SMILES string of the molecule is O=C1CN=C(Cc2ccccc2)N1. The van der Waals surface area contributed by atoms with Crippen molar-refractivity contribution in [2.24, 2.45) is 4.99 Å². The van der Waals surface area contributed by atoms with E-state index >= 15 is 0 Å². The van der Waals surface area contributed by atoms with E-state index in [1.165, 1.54) is 5.56 Å². The lowest BCUT2D eigenvalue weighted by atomic mass is 10.1. The first-order chi connectivity index (χ1) is 6.34. The van der Waals surface area contributed by atoms with Gasteiger partial charge in [-0.3, -0.25) is 9.79 Å². The Labute approximate surface area is 76.5 Å². The Morgan fingerprint density at radius 3 is 2.69 bits per heavy atom. The van der Waals surface area contributed by atoms with E-state index < -0.39 is 0 Å². The number of amidine groups is 1. The fourth-order valence-corrected chi connectivity index (χ4v) is 1.30. The van der Waals surface area contributed by atoms with Crippen molar-refractivity contribution in [1.29, 1.82) is 0 Å². The maximum absolute atomic E-state index is 10.8. The molecule has 0 saturated heterocycles. The van der Waals surface area contributed by atoms with Gasteiger partial charge < -0.3 is 5.32 Å². The first-order valence-electron chi connectivity index (χ1n) is 4.22. The summed E-state index contributed by atoms with van der Waals surface area (Å²) in [5, 5.41) is 2.71. The van der Waals surface area contributed by atoms with E-state index in [4.69, 9.17) is 0 Å². The van der Waals surface area contributed by atoms with Crippen molar-refractivity contribution in [2.45, 2.75) is 6.42 Å². The molecular formula is C10H10N2O. The molecule has 66 valence electrons. The van der Waals surface area contributed by atoms with Gasteiger partial charge in [0.25, 0.3) is 0 Å². The highest BCUT2D eigenvalue weighted by molar-refractivity contribution is 6.04. The van der Waals surface area contributed by atoms with E-state index in [1.54, 1.807) is 0 Å². The lowest BCUT2D eigenvalue weighted by molar-refractivity contribution is -0.117. The monoisotopic (exact) mass is 174 g/mol. The second-order valence-electron chi connectivity index (χ2n) is 2.97. The summed E-state index contributed by atoms with van der Waals surface area (Å²) in [5.74, 6) is 0.766. The number of hydrogen-bond acceptors (Lipinski definition) is 2. The summed E-state index contributed by atoms with van der Waals surface area (Å²) in [4.78, 5) is 14.9. The van der Waals surface area contributed by atoms with Crippen molar-refractivity contribution in [3.05, 3.63) is 35.9 Å². The van der Waals surface area contributed by atoms with E-state index in [-0.39, 0.29) is 12.5 Å². The average Bonchev–Trinajstić information content (AvgIpc) is 2.53. The second kappa shape index (κ2) is 3.39. The molecule has 1 heterocycles. The molecule has 1 aromatic rings. The molecular weight excluding hydrogens is 164 g/mol. The Balaban J connectivity index is 2.04. The smallest absolute Gasteiger partial charge is 0.247 e. The number of carbonyl (C=O) groups excluding carboxylic acids is 1. The van der Waals surface area contributed by atoms with Crippen LogP contribution in [0.15, 0.2) is 35.3 Å². The minimum Gasteiger partial charge on any atom is -0.313 e. The maximum Gasteiger partial charge on any atom is 0.247 e. The van der Waals surface area contributed by atoms with Crippen LogP contribution in [0.5, 0.6) is 0 Å². The quantitative estimate of drug-likeness (QED) is 0.706. The first kappa shape index (κ1) is 7.98. The van der Waals surface area contributed by atoms with Gasteiger partial charge in [0.1, 0.15) is 12.4 Å². The van der Waals surface area contributed by atoms with Crippen LogP contribution in [0.4, 0.5) is 0 Å². The molecule has 0 aromatic heterocycles. The van der Waals surface area contributed by atoms with Crippen LogP contribution in [0.3, 0.4) is 0 Å². The summed E-state index contributed by atoms with van der Waals surface area (Å²) in [6.07, 6.45) is 0.715. The molecule has 2 rings (SSSR count). The van der Waals surface area contributed by atoms with Crippen LogP contribution < -0.4 is 5.32 Å². The molecule has 0 atom stereocenters. The van der Waals surface area contributed by atoms with E-state index in [1.807, 2.05) is 30.3 Å². The molecule has 0 fully saturated rings. The van der Waals surface area contributed by atoms with Crippen molar-refractivity contribution in [3.63, 3.8) is 0 Å². The number of carbonyl (C=O) groups is 1. The highest BCUT2D eigenvalue weighted by Crippen LogP contribution is 2.01. The predicted octanol–water partition coefficient (Wildman–Crippen LogP) is 0.757. The van der Waals surface area contributed by atoms with Gasteiger partial charge in [-0.1, -0.05) is 30.3 Å². The van der Waals surface area contributed by atoms with Crippen molar-refractivity contribution >= 4 is 11.7 Å². The largest absolute Gasteiger partial charge is 0.313 e. The van der Waals surface area contributed by atoms with Crippen LogP contribution >= 0.6 is 0 Å². The molecule has 0 unspecified atom stereocenters. The molecule has 1 N–H and O–H groups in total. The highest BCUT2D eigenvalue weighted by atomic mass is 16.2. The van der Waals surface area contributed by atoms with Crippen molar-refractivity contribution in [2.75, 3.05) is 6.54 Å². The number of amides is 1. The summed E-state index contributed by atoms with van der Waals surface area (Å²) in [5.41, 5.74) is 1.17. The number of rotatable bonds is 2. The van der Waals surface area contributed by atoms with E-state index in [0.29, 0.717) is 6.42 Å². The lowest BCUT2D eigenvalue weighted by Crippen LogP contribution is -2.25. The summed E-state index contributed by atoms with van der Waals surface area (Å²) in [6.45, 7) is 0.280. The predicted molar refractivity (Wildman–Crippen MR) is 50.6 cm³/mol. The van der Waals surface area contributed by atoms with Gasteiger partial charge in [0.05, 0.1) is 0 Å². The van der Waals surface area contributed by atoms with Crippen molar-refractivity contribution < 1.29 is 4.79 Å². The Morgan fingerprint density at radius 2 is 2.08 bits per heavy atom. The molecule has 13 heavy (non-hydrogen) atoms. The maximum atomic E-state index is 10.8. The Bertz CT molecular complexity index is 343. The van der Waals surface area contributed by atoms with Crippen LogP contribution in [0.2, 0.25) is 0 Å². The Hall–Kier alpha value is -1.64. The summed E-state index contributed by atoms with van der Waals surface area (Å²) >= 11 is 0. The molecule has 1 amide bonds. The molecule has 1 aliphatic rings. The van der Waals surface area contributed by atoms with Crippen molar-refractivity contribution in [1.82, 2.24) is 5.32 Å². The van der Waals surface area contributed by atoms with Crippen LogP contribution in [0, 0.1) is 0 Å². The molecule has 0 radical (unpaired) electrons. The zero-order chi connectivity index (χ0) is 9.10. The second-order valence-corrected chi connectivity index (χ2v) is 2.97. The average molecular weight is 174 g/mol. The van der Waals surface area contributed by atoms with Crippen LogP contribution in [0.1, 0.15) is 5.56 Å². The summed E-state index contributed by atoms with van der Waals surface area (Å²) < 4.78 is 0. The molecule has 1 aromatic carbocycles. The number of nitrogens with zero attached hydrogens (tertiary/aromatic N) is 1. The van der Waals surface area contributed by atoms with Gasteiger partial charge in [-0.05, 0) is 5.56 Å². The summed E-state index contributed by atoms with van der Waals surface area (Å²) in [6, 6.07) is 9.97. The zero-order valence-corrected chi connectivity index (χ0v) is 7.16. The third-order valence-corrected chi connectivity index (χ3v) is 1.91. The molecule has 0 saturated carbocycles. The lowest BCUT2D eigenvalue weighted by Gasteiger charge is -2.00. The van der Waals surface area contributed by atoms with E-state index in [0.717, 1.165) is 5.84 Å². The Morgan fingerprint density at radius 1 is 1.31 bits per heavy atom. The molecule has 3 nitrogen and oxygen atoms in total. The van der Waals surface area contributed by atoms with Gasteiger partial charge >= 0.3 is 0 Å². The number of aliphatic imine (C=N–C) groups is 1. The van der Waals surface area contributed by atoms with Crippen LogP contribution in [-0.4, -0.2) is 18.3 Å². The molecule has 1 aliphatic heterocycles. The van der Waals surface area contributed by atoms with Gasteiger partial charge in [-0.2, -0.15) is 0 Å². The summed E-state index contributed by atoms with van der Waals surface area (Å²) in [7, 11) is 0. The van der Waals surface area contributed by atoms with Gasteiger partial charge in [0.2, 0.25) is 5.91 Å². The van der Waals surface area contributed by atoms with Gasteiger partial charge in [0.15, 0.2) is 0 Å². The number of benzene rings is 1. The zero-order valence-electron chi connectivity index (χ0n) is 7.16. The van der Waals surface area contributed by atoms with Gasteiger partial charge in [-0.15, -0.1) is 0 Å². The normalized spacial score (nSPS) is 15.4. The van der Waals surface area contributed by atoms with Crippen LogP contribution in [-0.2, 0) is 11.2 Å². The van der Waals surface area contributed by atoms with E-state index in [2.05, 4.69) is 10.3 Å².